The van der Waals surface area contributed by atoms with Crippen molar-refractivity contribution in [2.45, 2.75) is 13.3 Å². The molecule has 0 aromatic rings. The third kappa shape index (κ3) is 515. The molecule has 3 nitrogen and oxygen atoms in total. The fourth-order valence-electron chi connectivity index (χ4n) is 0. The van der Waals surface area contributed by atoms with Gasteiger partial charge in [-0.2, -0.15) is 0 Å². The SMILES string of the molecule is CCCN.N=C=N. The Hall–Kier alpha value is -0.660. The largest absolute Gasteiger partial charge is 0.330 e. The fraction of sp³-hybridized carbons (Fsp3) is 0.750. The topological polar surface area (TPSA) is 73.7 Å². The number of rotatable bonds is 1. The maximum absolute atomic E-state index is 5.62. The van der Waals surface area contributed by atoms with E-state index in [1.54, 1.807) is 0 Å². The second kappa shape index (κ2) is 18.4. The molecular weight excluding hydrogens is 90.1 g/mol. The minimum Gasteiger partial charge on any atom is -0.330 e. The lowest BCUT2D eigenvalue weighted by molar-refractivity contribution is 0.932. The van der Waals surface area contributed by atoms with E-state index in [1.807, 2.05) is 0 Å². The van der Waals surface area contributed by atoms with Crippen molar-refractivity contribution in [3.63, 3.8) is 0 Å². The Morgan fingerprint density at radius 3 is 1.71 bits per heavy atom. The van der Waals surface area contributed by atoms with Crippen LogP contribution in [0, 0.1) is 10.8 Å². The van der Waals surface area contributed by atoms with E-state index in [2.05, 4.69) is 6.92 Å². The number of hydrogen-bond acceptors (Lipinski definition) is 3. The molecule has 0 radical (unpaired) electrons. The van der Waals surface area contributed by atoms with Crippen molar-refractivity contribution in [1.29, 1.82) is 10.8 Å². The van der Waals surface area contributed by atoms with Gasteiger partial charge in [0, 0.05) is 0 Å². The average molecular weight is 101 g/mol. The van der Waals surface area contributed by atoms with Gasteiger partial charge in [0.1, 0.15) is 0 Å². The van der Waals surface area contributed by atoms with Gasteiger partial charge in [0.2, 0.25) is 0 Å². The molecule has 0 aliphatic rings. The molecule has 0 aliphatic heterocycles. The molecule has 4 N–H and O–H groups in total. The fourth-order valence-corrected chi connectivity index (χ4v) is 0. The highest BCUT2D eigenvalue weighted by Gasteiger charge is 1.55. The summed E-state index contributed by atoms with van der Waals surface area (Å²) in [6.07, 6.45) is 1.10. The summed E-state index contributed by atoms with van der Waals surface area (Å²) in [5.74, 6) is 0. The maximum Gasteiger partial charge on any atom is 0.0831 e. The second-order valence-electron chi connectivity index (χ2n) is 0.914. The van der Waals surface area contributed by atoms with Crippen molar-refractivity contribution < 1.29 is 0 Å². The minimum absolute atomic E-state index is 0.819. The predicted octanol–water partition coefficient (Wildman–Crippen LogP) is 0.673. The van der Waals surface area contributed by atoms with Crippen LogP contribution in [0.1, 0.15) is 13.3 Å². The van der Waals surface area contributed by atoms with Gasteiger partial charge >= 0.3 is 0 Å². The zero-order valence-electron chi connectivity index (χ0n) is 4.49. The third-order valence-electron chi connectivity index (χ3n) is 0.289. The Balaban J connectivity index is 0. The highest BCUT2D eigenvalue weighted by Crippen LogP contribution is 1.57. The lowest BCUT2D eigenvalue weighted by atomic mass is 10.5. The number of nitrogens with two attached hydrogens (primary N) is 1. The zero-order chi connectivity index (χ0) is 6.12. The summed E-state index contributed by atoms with van der Waals surface area (Å²) in [6.45, 7) is 2.88. The number of hydrogen-bond donors (Lipinski definition) is 3. The van der Waals surface area contributed by atoms with Crippen LogP contribution in [0.25, 0.3) is 0 Å². The van der Waals surface area contributed by atoms with Crippen molar-refractivity contribution in [2.75, 3.05) is 6.54 Å². The summed E-state index contributed by atoms with van der Waals surface area (Å²) in [4.78, 5) is 0. The van der Waals surface area contributed by atoms with E-state index in [9.17, 15) is 0 Å². The van der Waals surface area contributed by atoms with Crippen molar-refractivity contribution in [1.82, 2.24) is 0 Å². The van der Waals surface area contributed by atoms with Crippen LogP contribution in [0.5, 0.6) is 0 Å². The van der Waals surface area contributed by atoms with Crippen molar-refractivity contribution >= 4 is 6.01 Å². The Bertz CT molecular complexity index is 42.9. The molecule has 0 saturated carbocycles. The Labute approximate surface area is 43.6 Å². The lowest BCUT2D eigenvalue weighted by Gasteiger charge is -1.70. The van der Waals surface area contributed by atoms with Crippen molar-refractivity contribution in [2.24, 2.45) is 5.73 Å². The van der Waals surface area contributed by atoms with Crippen LogP contribution < -0.4 is 5.73 Å². The van der Waals surface area contributed by atoms with Gasteiger partial charge in [-0.3, -0.25) is 0 Å². The first kappa shape index (κ1) is 9.60. The molecule has 0 aliphatic carbocycles. The maximum atomic E-state index is 5.62. The molecule has 0 spiro atoms. The van der Waals surface area contributed by atoms with Gasteiger partial charge in [0.05, 0.1) is 6.01 Å². The summed E-state index contributed by atoms with van der Waals surface area (Å²) in [5, 5.41) is 11.2. The molecule has 42 valence electrons. The highest BCUT2D eigenvalue weighted by molar-refractivity contribution is 5.29. The van der Waals surface area contributed by atoms with Gasteiger partial charge in [-0.1, -0.05) is 6.92 Å². The first-order valence-corrected chi connectivity index (χ1v) is 2.12. The molecule has 7 heavy (non-hydrogen) atoms. The minimum atomic E-state index is 0.819. The van der Waals surface area contributed by atoms with E-state index in [1.165, 1.54) is 6.01 Å². The van der Waals surface area contributed by atoms with Crippen LogP contribution in [0.2, 0.25) is 0 Å². The van der Waals surface area contributed by atoms with E-state index in [0.717, 1.165) is 13.0 Å². The molecule has 0 rings (SSSR count). The van der Waals surface area contributed by atoms with E-state index in [4.69, 9.17) is 16.6 Å². The van der Waals surface area contributed by atoms with Gasteiger partial charge < -0.3 is 5.73 Å². The Kier molecular flexibility index (Phi) is 25.2. The van der Waals surface area contributed by atoms with E-state index in [-0.39, 0.29) is 0 Å². The molecule has 0 unspecified atom stereocenters. The molecule has 0 aromatic heterocycles. The summed E-state index contributed by atoms with van der Waals surface area (Å²) in [7, 11) is 0. The van der Waals surface area contributed by atoms with Crippen LogP contribution in [0.4, 0.5) is 0 Å². The van der Waals surface area contributed by atoms with Crippen LogP contribution in [-0.2, 0) is 0 Å². The highest BCUT2D eigenvalue weighted by atomic mass is 14.5. The zero-order valence-corrected chi connectivity index (χ0v) is 4.49. The first-order chi connectivity index (χ1) is 3.33. The Morgan fingerprint density at radius 2 is 1.71 bits per heavy atom. The summed E-state index contributed by atoms with van der Waals surface area (Å²) in [5.41, 5.74) is 5.03. The lowest BCUT2D eigenvalue weighted by Crippen LogP contribution is -1.93. The van der Waals surface area contributed by atoms with Crippen LogP contribution in [-0.4, -0.2) is 12.6 Å². The standard InChI is InChI=1S/C3H9N.CH2N2/c1-2-3-4;2-1-3/h2-4H2,1H3;2-3H. The molecule has 0 aromatic carbocycles. The predicted molar refractivity (Wildman–Crippen MR) is 29.8 cm³/mol. The molecule has 3 heteroatoms. The van der Waals surface area contributed by atoms with Crippen LogP contribution in [0.3, 0.4) is 0 Å². The second-order valence-corrected chi connectivity index (χ2v) is 0.914. The molecule has 0 fully saturated rings. The molecule has 0 amide bonds. The third-order valence-corrected chi connectivity index (χ3v) is 0.289. The summed E-state index contributed by atoms with van der Waals surface area (Å²) in [6, 6.07) is 1.25. The van der Waals surface area contributed by atoms with Gasteiger partial charge in [-0.25, -0.2) is 10.8 Å². The van der Waals surface area contributed by atoms with Crippen LogP contribution >= 0.6 is 0 Å². The smallest absolute Gasteiger partial charge is 0.0831 e. The first-order valence-electron chi connectivity index (χ1n) is 2.12. The van der Waals surface area contributed by atoms with E-state index >= 15 is 0 Å². The van der Waals surface area contributed by atoms with Crippen molar-refractivity contribution in [3.05, 3.63) is 0 Å². The van der Waals surface area contributed by atoms with Gasteiger partial charge in [0.25, 0.3) is 0 Å². The molecule has 0 saturated heterocycles. The monoisotopic (exact) mass is 101 g/mol. The molecule has 0 atom stereocenters. The van der Waals surface area contributed by atoms with Crippen molar-refractivity contribution in [3.8, 4) is 0 Å². The molecule has 0 heterocycles. The van der Waals surface area contributed by atoms with Gasteiger partial charge in [0.15, 0.2) is 0 Å². The van der Waals surface area contributed by atoms with E-state index in [0.29, 0.717) is 0 Å². The van der Waals surface area contributed by atoms with E-state index < -0.39 is 0 Å². The summed E-state index contributed by atoms with van der Waals surface area (Å²) >= 11 is 0. The summed E-state index contributed by atoms with van der Waals surface area (Å²) < 4.78 is 0. The molecular formula is C4H11N3. The van der Waals surface area contributed by atoms with Gasteiger partial charge in [-0.05, 0) is 13.0 Å². The van der Waals surface area contributed by atoms with Crippen LogP contribution in [0.15, 0.2) is 0 Å². The quantitative estimate of drug-likeness (QED) is 0.417. The molecule has 0 bridgehead atoms. The Morgan fingerprint density at radius 1 is 1.57 bits per heavy atom. The van der Waals surface area contributed by atoms with Gasteiger partial charge in [-0.15, -0.1) is 0 Å². The normalized spacial score (nSPS) is 5.43. The number of nitrogens with one attached hydrogen (secondary N) is 2. The average Bonchev–Trinajstić information content (AvgIpc) is 1.69.